The number of alkyl halides is 34. The number of nitrogens with zero attached hydrogens (tertiary/aromatic N) is 1. The van der Waals surface area contributed by atoms with Crippen molar-refractivity contribution in [3.05, 3.63) is 24.3 Å². The van der Waals surface area contributed by atoms with Gasteiger partial charge in [0.25, 0.3) is 0 Å². The molecule has 0 radical (unpaired) electrons. The Balaban J connectivity index is 5.53. The van der Waals surface area contributed by atoms with E-state index in [1.807, 2.05) is 0 Å². The highest BCUT2D eigenvalue weighted by Gasteiger charge is 2.97. The molecule has 522 valence electrons. The molecule has 0 aromatic carbocycles. The molecule has 2 atom stereocenters. The van der Waals surface area contributed by atoms with E-state index in [1.54, 1.807) is 21.1 Å². The highest BCUT2D eigenvalue weighted by molar-refractivity contribution is 7.47. The average molecular weight is 1400 g/mol. The second kappa shape index (κ2) is 29.0. The number of halogens is 34. The lowest BCUT2D eigenvalue weighted by Gasteiger charge is -2.42. The topological polar surface area (TPSA) is 108 Å². The molecule has 0 aromatic heterocycles. The molecule has 0 aromatic rings. The highest BCUT2D eigenvalue weighted by atomic mass is 31.2. The van der Waals surface area contributed by atoms with Crippen LogP contribution in [-0.4, -0.2) is 170 Å². The van der Waals surface area contributed by atoms with Gasteiger partial charge in [-0.2, -0.15) is 149 Å². The molecule has 0 rings (SSSR count). The summed E-state index contributed by atoms with van der Waals surface area (Å²) in [6.07, 6.45) is -24.6. The predicted octanol–water partition coefficient (Wildman–Crippen LogP) is 16.9. The fourth-order valence-electron chi connectivity index (χ4n) is 6.41. The predicted molar refractivity (Wildman–Crippen MR) is 230 cm³/mol. The number of unbranched alkanes of at least 4 members (excludes halogenated alkanes) is 10. The zero-order chi connectivity index (χ0) is 70.1. The summed E-state index contributed by atoms with van der Waals surface area (Å²) < 4.78 is 490. The normalized spacial score (nSPS) is 16.4. The number of allylic oxidation sites excluding steroid dienone is 4. The van der Waals surface area contributed by atoms with Crippen molar-refractivity contribution in [2.24, 2.45) is 0 Å². The fourth-order valence-corrected chi connectivity index (χ4v) is 7.15. The third-order valence-corrected chi connectivity index (χ3v) is 12.8. The van der Waals surface area contributed by atoms with E-state index in [1.165, 1.54) is 0 Å². The van der Waals surface area contributed by atoms with E-state index in [9.17, 15) is 168 Å². The van der Waals surface area contributed by atoms with Crippen LogP contribution in [0.5, 0.6) is 0 Å². The highest BCUT2D eigenvalue weighted by Crippen LogP contribution is 2.66. The van der Waals surface area contributed by atoms with Gasteiger partial charge in [-0.1, -0.05) is 50.7 Å². The molecule has 0 spiro atoms. The van der Waals surface area contributed by atoms with E-state index in [0.717, 1.165) is 0 Å². The first-order valence-electron chi connectivity index (χ1n) is 24.3. The Labute approximate surface area is 474 Å². The number of likely N-dealkylation sites (N-methyl/N-ethyl adjacent to an activating group) is 1. The van der Waals surface area contributed by atoms with Gasteiger partial charge in [-0.25, -0.2) is 4.57 Å². The molecule has 0 aliphatic carbocycles. The van der Waals surface area contributed by atoms with Crippen LogP contribution in [0.3, 0.4) is 0 Å². The SMILES string of the molecule is C[N+](C)(C)CCOP(=O)(O)OCC(COC(=O)CCCCCCC/C=C\C(F)(F)C(F)(F)C(F)(F)C(F)(F)C(F)(F)C(F)(F)C(F)(F)C(F)(F)F)OC(=O)CCCCCCC/C=C\C(F)(F)C(F)(F)C(F)(F)C(F)(F)C(F)(F)C(F)(F)C(F)(F)C(F)(F)F. The first-order valence-corrected chi connectivity index (χ1v) is 25.8. The van der Waals surface area contributed by atoms with Crippen LogP contribution in [0.15, 0.2) is 24.3 Å². The number of ether oxygens (including phenoxy) is 2. The Bertz CT molecular complexity index is 2350. The van der Waals surface area contributed by atoms with Gasteiger partial charge < -0.3 is 18.9 Å². The Morgan fingerprint density at radius 1 is 0.398 bits per heavy atom. The number of carbonyl (C=O) groups excluding carboxylic acids is 2. The van der Waals surface area contributed by atoms with Crippen LogP contribution in [0.1, 0.15) is 89.9 Å². The Morgan fingerprint density at radius 3 is 1.00 bits per heavy atom. The number of phosphoric ester groups is 1. The summed E-state index contributed by atoms with van der Waals surface area (Å²) in [7, 11) is 0.0239. The molecule has 0 saturated heterocycles. The van der Waals surface area contributed by atoms with Crippen LogP contribution in [0.2, 0.25) is 0 Å². The molecule has 0 bridgehead atoms. The monoisotopic (exact) mass is 1400 g/mol. The van der Waals surface area contributed by atoms with Gasteiger partial charge in [0, 0.05) is 12.8 Å². The summed E-state index contributed by atoms with van der Waals surface area (Å²) in [5, 5.41) is 0. The van der Waals surface area contributed by atoms with Crippen LogP contribution in [0.25, 0.3) is 0 Å². The van der Waals surface area contributed by atoms with Crippen LogP contribution >= 0.6 is 7.82 Å². The van der Waals surface area contributed by atoms with Crippen molar-refractivity contribution in [2.45, 2.75) is 191 Å². The Hall–Kier alpha value is -3.89. The van der Waals surface area contributed by atoms with Crippen molar-refractivity contribution < 1.29 is 191 Å². The number of hydrogen-bond acceptors (Lipinski definition) is 7. The Kier molecular flexibility index (Phi) is 27.7. The molecule has 88 heavy (non-hydrogen) atoms. The third-order valence-electron chi connectivity index (χ3n) is 11.8. The van der Waals surface area contributed by atoms with Gasteiger partial charge in [-0.05, 0) is 50.7 Å². The van der Waals surface area contributed by atoms with Crippen molar-refractivity contribution >= 4 is 19.8 Å². The smallest absolute Gasteiger partial charge is 0.462 e. The fraction of sp³-hybridized carbons (Fsp3) is 0.864. The van der Waals surface area contributed by atoms with Crippen molar-refractivity contribution in [3.63, 3.8) is 0 Å². The van der Waals surface area contributed by atoms with Crippen molar-refractivity contribution in [1.82, 2.24) is 0 Å². The number of hydrogen-bond donors (Lipinski definition) is 1. The molecule has 0 fully saturated rings. The van der Waals surface area contributed by atoms with Gasteiger partial charge >= 0.3 is 115 Å². The van der Waals surface area contributed by atoms with E-state index in [-0.39, 0.29) is 87.6 Å². The summed E-state index contributed by atoms with van der Waals surface area (Å²) in [5.41, 5.74) is 0. The van der Waals surface area contributed by atoms with Crippen LogP contribution < -0.4 is 0 Å². The van der Waals surface area contributed by atoms with E-state index in [4.69, 9.17) is 18.5 Å². The van der Waals surface area contributed by atoms with Gasteiger partial charge in [-0.3, -0.25) is 18.6 Å². The van der Waals surface area contributed by atoms with E-state index in [0.29, 0.717) is 0 Å². The molecule has 0 heterocycles. The maximum Gasteiger partial charge on any atom is 0.472 e. The quantitative estimate of drug-likeness (QED) is 0.0161. The molecule has 44 heteroatoms. The lowest BCUT2D eigenvalue weighted by Crippen LogP contribution is -2.74. The van der Waals surface area contributed by atoms with Gasteiger partial charge in [0.1, 0.15) is 19.8 Å². The number of esters is 2. The van der Waals surface area contributed by atoms with Crippen molar-refractivity contribution in [3.8, 4) is 0 Å². The summed E-state index contributed by atoms with van der Waals surface area (Å²) in [4.78, 5) is 35.0. The number of rotatable bonds is 40. The summed E-state index contributed by atoms with van der Waals surface area (Å²) >= 11 is 0. The lowest BCUT2D eigenvalue weighted by molar-refractivity contribution is -0.870. The largest absolute Gasteiger partial charge is 0.472 e. The molecule has 2 unspecified atom stereocenters. The first kappa shape index (κ1) is 84.1. The van der Waals surface area contributed by atoms with Gasteiger partial charge in [0.15, 0.2) is 6.10 Å². The maximum absolute atomic E-state index is 14.1. The zero-order valence-electron chi connectivity index (χ0n) is 44.7. The summed E-state index contributed by atoms with van der Waals surface area (Å²) in [5.74, 6) is -117. The van der Waals surface area contributed by atoms with Crippen molar-refractivity contribution in [2.75, 3.05) is 47.5 Å². The standard InChI is InChI=1S/C44H50F34NO8P/c1-79(2,3)22-23-85-88(82,83)86-25-26(87-28(81)19-15-11-7-5-9-13-17-21-30(47,48)32(51,52)34(55,56)36(59,60)38(63,64)40(67,68)42(71,72)44(76,77)78)24-84-27(80)18-14-10-6-4-8-12-16-20-29(45,46)31(49,50)33(53,54)35(57,58)37(61,62)39(65,66)41(69,70)43(73,74)75/h16-17,20-21,26H,4-15,18-19,22-25H2,1-3H3/p+1/b20-16-,21-17-. The molecule has 0 saturated carbocycles. The second-order valence-electron chi connectivity index (χ2n) is 20.0. The maximum atomic E-state index is 14.1. The molecule has 0 aliphatic heterocycles. The minimum absolute atomic E-state index is 0.00679. The summed E-state index contributed by atoms with van der Waals surface area (Å²) in [6, 6.07) is 0. The Morgan fingerprint density at radius 2 is 0.682 bits per heavy atom. The minimum Gasteiger partial charge on any atom is -0.462 e. The minimum atomic E-state index is -8.79. The first-order chi connectivity index (χ1) is 38.8. The molecule has 0 aliphatic rings. The van der Waals surface area contributed by atoms with Crippen LogP contribution in [-0.2, 0) is 32.7 Å². The number of carbonyl (C=O) groups is 2. The van der Waals surface area contributed by atoms with Crippen LogP contribution in [0, 0.1) is 0 Å². The molecule has 9 nitrogen and oxygen atoms in total. The number of phosphoric acid groups is 1. The van der Waals surface area contributed by atoms with E-state index >= 15 is 0 Å². The summed E-state index contributed by atoms with van der Waals surface area (Å²) in [6.45, 7) is -2.20. The van der Waals surface area contributed by atoms with Crippen LogP contribution in [0.4, 0.5) is 149 Å². The molecule has 0 amide bonds. The van der Waals surface area contributed by atoms with E-state index < -0.39 is 179 Å². The van der Waals surface area contributed by atoms with Crippen molar-refractivity contribution in [1.29, 1.82) is 0 Å². The van der Waals surface area contributed by atoms with Gasteiger partial charge in [0.2, 0.25) is 0 Å². The zero-order valence-corrected chi connectivity index (χ0v) is 45.6. The number of quaternary nitrogens is 1. The molecular weight excluding hydrogens is 1350 g/mol. The van der Waals surface area contributed by atoms with Gasteiger partial charge in [0.05, 0.1) is 27.7 Å². The average Bonchev–Trinajstić information content (AvgIpc) is 0.710. The second-order valence-corrected chi connectivity index (χ2v) is 21.4. The molecule has 1 N–H and O–H groups in total. The van der Waals surface area contributed by atoms with E-state index in [2.05, 4.69) is 0 Å². The molecular formula is C44H51F34NO8P+. The lowest BCUT2D eigenvalue weighted by atomic mass is 9.89. The third kappa shape index (κ3) is 18.4. The van der Waals surface area contributed by atoms with Gasteiger partial charge in [-0.15, -0.1) is 0 Å².